The normalized spacial score (nSPS) is 35.5. The van der Waals surface area contributed by atoms with E-state index < -0.39 is 0 Å². The van der Waals surface area contributed by atoms with Crippen LogP contribution >= 0.6 is 7.92 Å². The van der Waals surface area contributed by atoms with E-state index in [1.807, 2.05) is 0 Å². The molecule has 0 aromatic heterocycles. The Morgan fingerprint density at radius 3 is 1.56 bits per heavy atom. The third-order valence-electron chi connectivity index (χ3n) is 8.09. The highest BCUT2D eigenvalue weighted by atomic mass is 31.1. The molecule has 0 spiro atoms. The molecule has 0 radical (unpaired) electrons. The van der Waals surface area contributed by atoms with Crippen LogP contribution in [-0.4, -0.2) is 30.2 Å². The molecule has 1 saturated heterocycles. The van der Waals surface area contributed by atoms with Gasteiger partial charge in [-0.15, -0.1) is 0 Å². The Labute approximate surface area is 157 Å². The molecule has 1 atom stereocenters. The lowest BCUT2D eigenvalue weighted by Gasteiger charge is -2.46. The highest BCUT2D eigenvalue weighted by Crippen LogP contribution is 2.61. The Morgan fingerprint density at radius 2 is 0.920 bits per heavy atom. The number of rotatable bonds is 4. The first-order valence-electron chi connectivity index (χ1n) is 11.8. The zero-order valence-corrected chi connectivity index (χ0v) is 17.4. The van der Waals surface area contributed by atoms with Crippen LogP contribution < -0.4 is 0 Å². The van der Waals surface area contributed by atoms with Crippen molar-refractivity contribution in [1.82, 2.24) is 0 Å². The van der Waals surface area contributed by atoms with Gasteiger partial charge in [0.05, 0.1) is 0 Å². The summed E-state index contributed by atoms with van der Waals surface area (Å²) in [5, 5.41) is 0. The fraction of sp³-hybridized carbons (Fsp3) is 1.00. The molecule has 0 bridgehead atoms. The van der Waals surface area contributed by atoms with Gasteiger partial charge in [-0.3, -0.25) is 0 Å². The van der Waals surface area contributed by atoms with Gasteiger partial charge in [-0.25, -0.2) is 0 Å². The Kier molecular flexibility index (Phi) is 7.15. The molecule has 1 heterocycles. The van der Waals surface area contributed by atoms with Crippen LogP contribution in [0.5, 0.6) is 0 Å². The molecule has 25 heavy (non-hydrogen) atoms. The smallest absolute Gasteiger partial charge is 0.0472 e. The molecule has 1 nitrogen and oxygen atoms in total. The van der Waals surface area contributed by atoms with E-state index in [9.17, 15) is 0 Å². The lowest BCUT2D eigenvalue weighted by molar-refractivity contribution is 0.0984. The Balaban J connectivity index is 1.37. The molecule has 0 aromatic carbocycles. The zero-order valence-electron chi connectivity index (χ0n) is 16.5. The van der Waals surface area contributed by atoms with Crippen LogP contribution in [0.15, 0.2) is 0 Å². The van der Waals surface area contributed by atoms with E-state index in [0.717, 1.165) is 42.0 Å². The molecule has 1 unspecified atom stereocenters. The second kappa shape index (κ2) is 9.54. The Hall–Kier alpha value is 0.390. The van der Waals surface area contributed by atoms with Crippen molar-refractivity contribution in [3.63, 3.8) is 0 Å². The summed E-state index contributed by atoms with van der Waals surface area (Å²) >= 11 is 0. The molecule has 4 fully saturated rings. The minimum Gasteiger partial charge on any atom is -0.381 e. The van der Waals surface area contributed by atoms with Gasteiger partial charge in [0.2, 0.25) is 0 Å². The van der Waals surface area contributed by atoms with E-state index in [-0.39, 0.29) is 7.92 Å². The average molecular weight is 365 g/mol. The van der Waals surface area contributed by atoms with Gasteiger partial charge >= 0.3 is 0 Å². The predicted octanol–water partition coefficient (Wildman–Crippen LogP) is 7.12. The van der Waals surface area contributed by atoms with Crippen molar-refractivity contribution in [3.8, 4) is 0 Å². The van der Waals surface area contributed by atoms with Crippen LogP contribution in [0, 0.1) is 11.8 Å². The minimum absolute atomic E-state index is 0.268. The fourth-order valence-electron chi connectivity index (χ4n) is 6.73. The highest BCUT2D eigenvalue weighted by molar-refractivity contribution is 7.60. The molecule has 3 saturated carbocycles. The van der Waals surface area contributed by atoms with Gasteiger partial charge in [-0.2, -0.15) is 0 Å². The molecule has 3 aliphatic carbocycles. The summed E-state index contributed by atoms with van der Waals surface area (Å²) in [7, 11) is 0.268. The van der Waals surface area contributed by atoms with Crippen LogP contribution in [0.2, 0.25) is 0 Å². The molecule has 1 aliphatic heterocycles. The summed E-state index contributed by atoms with van der Waals surface area (Å²) < 4.78 is 5.73. The number of ether oxygens (including phenoxy) is 1. The summed E-state index contributed by atoms with van der Waals surface area (Å²) in [4.78, 5) is 0. The maximum Gasteiger partial charge on any atom is 0.0472 e. The maximum atomic E-state index is 5.73. The molecule has 4 rings (SSSR count). The van der Waals surface area contributed by atoms with E-state index in [1.165, 1.54) is 51.4 Å². The van der Waals surface area contributed by atoms with Gasteiger partial charge in [-0.1, -0.05) is 59.3 Å². The zero-order chi connectivity index (χ0) is 16.9. The number of hydrogen-bond acceptors (Lipinski definition) is 1. The van der Waals surface area contributed by atoms with Crippen molar-refractivity contribution >= 4 is 7.92 Å². The van der Waals surface area contributed by atoms with Crippen LogP contribution in [-0.2, 0) is 4.74 Å². The molecule has 0 aromatic rings. The third kappa shape index (κ3) is 4.82. The molecule has 0 amide bonds. The van der Waals surface area contributed by atoms with Gasteiger partial charge in [0.25, 0.3) is 0 Å². The van der Waals surface area contributed by atoms with E-state index in [1.54, 1.807) is 51.4 Å². The standard InChI is InChI=1S/C23H41OP/c1-3-7-19(8-4-1)20-11-13-22(14-12-20)25(21-9-5-2-6-10-21)23-15-17-24-18-16-23/h19-23H,1-18H2. The van der Waals surface area contributed by atoms with Gasteiger partial charge < -0.3 is 4.74 Å². The van der Waals surface area contributed by atoms with Gasteiger partial charge in [0, 0.05) is 13.2 Å². The molecule has 144 valence electrons. The SMILES string of the molecule is C1CCC(C2CCC(P(C3CCCCC3)C3CCOCC3)CC2)CC1. The summed E-state index contributed by atoms with van der Waals surface area (Å²) in [6.45, 7) is 2.13. The first-order valence-corrected chi connectivity index (χ1v) is 13.3. The van der Waals surface area contributed by atoms with Gasteiger partial charge in [0.15, 0.2) is 0 Å². The van der Waals surface area contributed by atoms with E-state index in [4.69, 9.17) is 4.74 Å². The number of hydrogen-bond donors (Lipinski definition) is 0. The lowest BCUT2D eigenvalue weighted by Crippen LogP contribution is -2.32. The second-order valence-corrected chi connectivity index (χ2v) is 12.6. The summed E-state index contributed by atoms with van der Waals surface area (Å²) in [5.41, 5.74) is 3.31. The van der Waals surface area contributed by atoms with Crippen molar-refractivity contribution in [2.75, 3.05) is 13.2 Å². The van der Waals surface area contributed by atoms with Crippen LogP contribution in [0.3, 0.4) is 0 Å². The molecular formula is C23H41OP. The van der Waals surface area contributed by atoms with Crippen LogP contribution in [0.1, 0.15) is 103 Å². The largest absolute Gasteiger partial charge is 0.381 e. The monoisotopic (exact) mass is 364 g/mol. The molecular weight excluding hydrogens is 323 g/mol. The van der Waals surface area contributed by atoms with Crippen molar-refractivity contribution in [2.24, 2.45) is 11.8 Å². The first-order chi connectivity index (χ1) is 12.4. The van der Waals surface area contributed by atoms with E-state index in [2.05, 4.69) is 0 Å². The molecule has 4 aliphatic rings. The van der Waals surface area contributed by atoms with Crippen LogP contribution in [0.4, 0.5) is 0 Å². The summed E-state index contributed by atoms with van der Waals surface area (Å²) in [6.07, 6.45) is 24.6. The lowest BCUT2D eigenvalue weighted by atomic mass is 9.73. The first kappa shape index (κ1) is 18.7. The third-order valence-corrected chi connectivity index (χ3v) is 12.2. The quantitative estimate of drug-likeness (QED) is 0.483. The average Bonchev–Trinajstić information content (AvgIpc) is 2.71. The fourth-order valence-corrected chi connectivity index (χ4v) is 11.2. The van der Waals surface area contributed by atoms with Crippen molar-refractivity contribution < 1.29 is 4.74 Å². The van der Waals surface area contributed by atoms with Crippen molar-refractivity contribution in [1.29, 1.82) is 0 Å². The Morgan fingerprint density at radius 1 is 0.440 bits per heavy atom. The minimum atomic E-state index is 0.268. The predicted molar refractivity (Wildman–Crippen MR) is 110 cm³/mol. The summed E-state index contributed by atoms with van der Waals surface area (Å²) in [5.74, 6) is 2.22. The molecule has 2 heteroatoms. The van der Waals surface area contributed by atoms with Crippen molar-refractivity contribution in [2.45, 2.75) is 120 Å². The second-order valence-electron chi connectivity index (χ2n) is 9.55. The van der Waals surface area contributed by atoms with Gasteiger partial charge in [0.1, 0.15) is 0 Å². The summed E-state index contributed by atoms with van der Waals surface area (Å²) in [6, 6.07) is 0. The Bertz CT molecular complexity index is 354. The topological polar surface area (TPSA) is 9.23 Å². The van der Waals surface area contributed by atoms with Crippen LogP contribution in [0.25, 0.3) is 0 Å². The maximum absolute atomic E-state index is 5.73. The van der Waals surface area contributed by atoms with E-state index >= 15 is 0 Å². The molecule has 0 N–H and O–H groups in total. The van der Waals surface area contributed by atoms with Crippen molar-refractivity contribution in [3.05, 3.63) is 0 Å². The highest BCUT2D eigenvalue weighted by Gasteiger charge is 2.39. The van der Waals surface area contributed by atoms with E-state index in [0.29, 0.717) is 0 Å². The van der Waals surface area contributed by atoms with Gasteiger partial charge in [-0.05, 0) is 80.2 Å².